The summed E-state index contributed by atoms with van der Waals surface area (Å²) in [6.45, 7) is 3.34. The number of aryl methyl sites for hydroxylation is 1. The SMILES string of the molecule is CCCC[n+]1c(-c2ccccc2)cc(-c2ccccc2)c2c1-c1sc3ccccc3c1CC2.O=S(=O)([O-])C(F)(F)F. The van der Waals surface area contributed by atoms with Gasteiger partial charge in [0.2, 0.25) is 11.4 Å². The van der Waals surface area contributed by atoms with E-state index in [0.29, 0.717) is 0 Å². The summed E-state index contributed by atoms with van der Waals surface area (Å²) < 4.78 is 62.9. The highest BCUT2D eigenvalue weighted by atomic mass is 32.2. The predicted molar refractivity (Wildman–Crippen MR) is 156 cm³/mol. The molecule has 0 radical (unpaired) electrons. The Morgan fingerprint density at radius 3 is 2.02 bits per heavy atom. The molecule has 0 aliphatic heterocycles. The van der Waals surface area contributed by atoms with Gasteiger partial charge in [-0.1, -0.05) is 80.1 Å². The van der Waals surface area contributed by atoms with Gasteiger partial charge in [0, 0.05) is 28.3 Å². The summed E-state index contributed by atoms with van der Waals surface area (Å²) in [5, 5.41) is 1.44. The van der Waals surface area contributed by atoms with Crippen molar-refractivity contribution in [2.24, 2.45) is 0 Å². The first-order chi connectivity index (χ1) is 19.6. The van der Waals surface area contributed by atoms with Crippen LogP contribution in [-0.2, 0) is 29.5 Å². The van der Waals surface area contributed by atoms with Crippen LogP contribution in [0.2, 0.25) is 0 Å². The number of pyridine rings is 1. The fourth-order valence-electron chi connectivity index (χ4n) is 5.29. The molecule has 0 fully saturated rings. The Morgan fingerprint density at radius 1 is 0.854 bits per heavy atom. The molecular formula is C32H28F3NO3S2. The first-order valence-electron chi connectivity index (χ1n) is 13.3. The molecular weight excluding hydrogens is 567 g/mol. The molecule has 212 valence electrons. The Labute approximate surface area is 241 Å². The van der Waals surface area contributed by atoms with Crippen molar-refractivity contribution in [2.75, 3.05) is 0 Å². The van der Waals surface area contributed by atoms with E-state index in [1.165, 1.54) is 67.0 Å². The standard InChI is InChI=1S/C31H28NS.CHF3O3S/c1-2-3-20-32-28(23-14-8-5-9-15-23)21-27(22-12-6-4-7-13-22)25-18-19-26-24-16-10-11-17-29(24)33-31(26)30(25)32;2-1(3,4)8(5,6)7/h4-17,21H,2-3,18-20H2,1H3;(H,5,6,7)/q+1;/p-1. The van der Waals surface area contributed by atoms with Gasteiger partial charge in [0.25, 0.3) is 0 Å². The second kappa shape index (κ2) is 11.8. The maximum atomic E-state index is 10.7. The van der Waals surface area contributed by atoms with E-state index in [1.807, 2.05) is 11.3 Å². The predicted octanol–water partition coefficient (Wildman–Crippen LogP) is 8.14. The largest absolute Gasteiger partial charge is 0.741 e. The van der Waals surface area contributed by atoms with Crippen LogP contribution in [-0.4, -0.2) is 18.5 Å². The molecule has 0 saturated heterocycles. The van der Waals surface area contributed by atoms with Crippen molar-refractivity contribution >= 4 is 31.5 Å². The van der Waals surface area contributed by atoms with Gasteiger partial charge in [0.1, 0.15) is 11.4 Å². The smallest absolute Gasteiger partial charge is 0.485 e. The van der Waals surface area contributed by atoms with Crippen LogP contribution in [0.3, 0.4) is 0 Å². The lowest BCUT2D eigenvalue weighted by Crippen LogP contribution is -2.41. The van der Waals surface area contributed by atoms with Crippen LogP contribution in [0.1, 0.15) is 30.9 Å². The molecule has 0 saturated carbocycles. The normalized spacial score (nSPS) is 12.8. The maximum Gasteiger partial charge on any atom is 0.485 e. The zero-order valence-corrected chi connectivity index (χ0v) is 24.0. The van der Waals surface area contributed by atoms with E-state index in [2.05, 4.69) is 102 Å². The lowest BCUT2D eigenvalue weighted by atomic mass is 9.86. The van der Waals surface area contributed by atoms with Gasteiger partial charge in [-0.15, -0.1) is 11.3 Å². The molecule has 5 aromatic rings. The van der Waals surface area contributed by atoms with E-state index in [4.69, 9.17) is 13.0 Å². The number of unbranched alkanes of at least 4 members (excludes halogenated alkanes) is 1. The summed E-state index contributed by atoms with van der Waals surface area (Å²) in [7, 11) is -6.09. The second-order valence-corrected chi connectivity index (χ2v) is 12.2. The van der Waals surface area contributed by atoms with Gasteiger partial charge in [0.05, 0.1) is 0 Å². The van der Waals surface area contributed by atoms with E-state index < -0.39 is 15.6 Å². The number of hydrogen-bond donors (Lipinski definition) is 0. The average Bonchev–Trinajstić information content (AvgIpc) is 3.35. The van der Waals surface area contributed by atoms with Crippen LogP contribution in [0.5, 0.6) is 0 Å². The number of aromatic nitrogens is 1. The van der Waals surface area contributed by atoms with Crippen molar-refractivity contribution in [3.05, 3.63) is 102 Å². The van der Waals surface area contributed by atoms with Gasteiger partial charge >= 0.3 is 5.51 Å². The van der Waals surface area contributed by atoms with Gasteiger partial charge in [-0.3, -0.25) is 0 Å². The molecule has 2 aromatic heterocycles. The summed E-state index contributed by atoms with van der Waals surface area (Å²) in [6, 6.07) is 33.3. The minimum atomic E-state index is -6.09. The number of nitrogens with zero attached hydrogens (tertiary/aromatic N) is 1. The molecule has 4 nitrogen and oxygen atoms in total. The third-order valence-corrected chi connectivity index (χ3v) is 8.95. The molecule has 0 N–H and O–H groups in total. The number of benzene rings is 3. The van der Waals surface area contributed by atoms with Gasteiger partial charge in [0.15, 0.2) is 10.1 Å². The van der Waals surface area contributed by atoms with E-state index in [-0.39, 0.29) is 0 Å². The lowest BCUT2D eigenvalue weighted by Gasteiger charge is -2.21. The zero-order valence-electron chi connectivity index (χ0n) is 22.3. The van der Waals surface area contributed by atoms with Crippen LogP contribution in [0, 0.1) is 0 Å². The Morgan fingerprint density at radius 2 is 1.41 bits per heavy atom. The van der Waals surface area contributed by atoms with Crippen LogP contribution in [0.25, 0.3) is 43.0 Å². The Kier molecular flexibility index (Phi) is 8.31. The number of thiophene rings is 1. The molecule has 9 heteroatoms. The Balaban J connectivity index is 0.000000372. The molecule has 6 rings (SSSR count). The molecule has 0 unspecified atom stereocenters. The highest BCUT2D eigenvalue weighted by molar-refractivity contribution is 7.86. The molecule has 1 aliphatic carbocycles. The highest BCUT2D eigenvalue weighted by Crippen LogP contribution is 2.45. The molecule has 41 heavy (non-hydrogen) atoms. The maximum absolute atomic E-state index is 10.7. The molecule has 2 heterocycles. The topological polar surface area (TPSA) is 61.1 Å². The third-order valence-electron chi connectivity index (χ3n) is 7.16. The molecule has 0 amide bonds. The second-order valence-electron chi connectivity index (χ2n) is 9.81. The van der Waals surface area contributed by atoms with E-state index in [9.17, 15) is 13.2 Å². The Bertz CT molecular complexity index is 1780. The number of alkyl halides is 3. The fraction of sp³-hybridized carbons (Fsp3) is 0.219. The summed E-state index contributed by atoms with van der Waals surface area (Å²) >= 11 is 1.98. The Hall–Kier alpha value is -3.53. The molecule has 0 spiro atoms. The summed E-state index contributed by atoms with van der Waals surface area (Å²) in [4.78, 5) is 1.48. The van der Waals surface area contributed by atoms with Crippen LogP contribution < -0.4 is 4.57 Å². The number of fused-ring (bicyclic) bond motifs is 5. The minimum absolute atomic E-state index is 1.05. The molecule has 3 aromatic carbocycles. The van der Waals surface area contributed by atoms with Crippen molar-refractivity contribution in [1.29, 1.82) is 0 Å². The van der Waals surface area contributed by atoms with Gasteiger partial charge in [-0.05, 0) is 53.1 Å². The van der Waals surface area contributed by atoms with Crippen molar-refractivity contribution in [1.82, 2.24) is 0 Å². The van der Waals surface area contributed by atoms with E-state index >= 15 is 0 Å². The highest BCUT2D eigenvalue weighted by Gasteiger charge is 2.37. The quantitative estimate of drug-likeness (QED) is 0.117. The van der Waals surface area contributed by atoms with Crippen LogP contribution >= 0.6 is 11.3 Å². The number of rotatable bonds is 5. The van der Waals surface area contributed by atoms with Crippen molar-refractivity contribution in [3.63, 3.8) is 0 Å². The monoisotopic (exact) mass is 595 g/mol. The van der Waals surface area contributed by atoms with Crippen molar-refractivity contribution in [2.45, 2.75) is 44.7 Å². The van der Waals surface area contributed by atoms with Crippen LogP contribution in [0.4, 0.5) is 13.2 Å². The van der Waals surface area contributed by atoms with Gasteiger partial charge in [-0.25, -0.2) is 8.42 Å². The zero-order chi connectivity index (χ0) is 29.2. The van der Waals surface area contributed by atoms with E-state index in [1.54, 1.807) is 0 Å². The van der Waals surface area contributed by atoms with Crippen molar-refractivity contribution in [3.8, 4) is 33.0 Å². The van der Waals surface area contributed by atoms with Crippen LogP contribution in [0.15, 0.2) is 91.0 Å². The first-order valence-corrected chi connectivity index (χ1v) is 15.6. The average molecular weight is 596 g/mol. The lowest BCUT2D eigenvalue weighted by molar-refractivity contribution is -0.676. The van der Waals surface area contributed by atoms with Gasteiger partial charge < -0.3 is 4.55 Å². The van der Waals surface area contributed by atoms with Crippen molar-refractivity contribution < 1.29 is 30.7 Å². The number of halogens is 3. The third kappa shape index (κ3) is 5.93. The van der Waals surface area contributed by atoms with E-state index in [0.717, 1.165) is 19.4 Å². The molecule has 0 atom stereocenters. The summed E-state index contributed by atoms with van der Waals surface area (Å²) in [5.74, 6) is 0. The summed E-state index contributed by atoms with van der Waals surface area (Å²) in [6.07, 6.45) is 4.58. The van der Waals surface area contributed by atoms with Gasteiger partial charge in [-0.2, -0.15) is 17.7 Å². The number of hydrogen-bond acceptors (Lipinski definition) is 4. The summed E-state index contributed by atoms with van der Waals surface area (Å²) in [5.41, 5.74) is 4.18. The molecule has 0 bridgehead atoms. The molecule has 1 aliphatic rings. The minimum Gasteiger partial charge on any atom is -0.741 e. The first kappa shape index (κ1) is 29.0. The fourth-order valence-corrected chi connectivity index (χ4v) is 6.62.